The highest BCUT2D eigenvalue weighted by molar-refractivity contribution is 9.12. The molecule has 0 spiro atoms. The number of hydrogen-bond donors (Lipinski definition) is 1. The van der Waals surface area contributed by atoms with Gasteiger partial charge in [-0.1, -0.05) is 0 Å². The van der Waals surface area contributed by atoms with Crippen LogP contribution in [0.1, 0.15) is 17.2 Å². The molecule has 7 heteroatoms. The van der Waals surface area contributed by atoms with Crippen molar-refractivity contribution < 1.29 is 13.9 Å². The first-order valence-electron chi connectivity index (χ1n) is 5.59. The molecule has 0 saturated heterocycles. The average Bonchev–Trinajstić information content (AvgIpc) is 2.76. The van der Waals surface area contributed by atoms with Gasteiger partial charge >= 0.3 is 0 Å². The van der Waals surface area contributed by atoms with Gasteiger partial charge in [0.2, 0.25) is 0 Å². The number of nitrogens with two attached hydrogens (primary N) is 1. The van der Waals surface area contributed by atoms with Crippen LogP contribution in [0.2, 0.25) is 0 Å². The van der Waals surface area contributed by atoms with Crippen molar-refractivity contribution in [1.82, 2.24) is 0 Å². The predicted molar refractivity (Wildman–Crippen MR) is 85.3 cm³/mol. The lowest BCUT2D eigenvalue weighted by Crippen LogP contribution is -2.13. The normalized spacial score (nSPS) is 12.3. The Kier molecular flexibility index (Phi) is 5.06. The maximum absolute atomic E-state index is 14.2. The summed E-state index contributed by atoms with van der Waals surface area (Å²) in [5, 5.41) is 0. The Morgan fingerprint density at radius 3 is 2.20 bits per heavy atom. The first-order chi connectivity index (χ1) is 9.47. The van der Waals surface area contributed by atoms with Gasteiger partial charge < -0.3 is 15.2 Å². The van der Waals surface area contributed by atoms with Crippen LogP contribution in [0, 0.1) is 5.82 Å². The van der Waals surface area contributed by atoms with Crippen molar-refractivity contribution in [3.63, 3.8) is 0 Å². The Morgan fingerprint density at radius 1 is 1.10 bits per heavy atom. The molecule has 0 amide bonds. The lowest BCUT2D eigenvalue weighted by Gasteiger charge is -2.16. The summed E-state index contributed by atoms with van der Waals surface area (Å²) >= 11 is 8.31. The molecule has 1 atom stereocenters. The first-order valence-corrected chi connectivity index (χ1v) is 8.00. The molecule has 1 unspecified atom stereocenters. The Morgan fingerprint density at radius 2 is 1.70 bits per heavy atom. The highest BCUT2D eigenvalue weighted by Crippen LogP contribution is 2.39. The second-order valence-electron chi connectivity index (χ2n) is 3.99. The summed E-state index contributed by atoms with van der Waals surface area (Å²) < 4.78 is 26.2. The molecule has 2 rings (SSSR count). The third-order valence-electron chi connectivity index (χ3n) is 2.86. The van der Waals surface area contributed by atoms with Crippen LogP contribution in [0.5, 0.6) is 11.5 Å². The smallest absolute Gasteiger partial charge is 0.163 e. The van der Waals surface area contributed by atoms with Crippen molar-refractivity contribution in [1.29, 1.82) is 0 Å². The zero-order chi connectivity index (χ0) is 14.9. The summed E-state index contributed by atoms with van der Waals surface area (Å²) in [5.74, 6) is 0.362. The summed E-state index contributed by atoms with van der Waals surface area (Å²) in [5.41, 5.74) is 7.33. The topological polar surface area (TPSA) is 44.5 Å². The van der Waals surface area contributed by atoms with Crippen LogP contribution < -0.4 is 15.2 Å². The molecule has 108 valence electrons. The number of halogens is 3. The molecule has 0 aliphatic carbocycles. The minimum absolute atomic E-state index is 0.339. The maximum atomic E-state index is 14.2. The van der Waals surface area contributed by atoms with E-state index in [1.54, 1.807) is 6.07 Å². The number of rotatable bonds is 4. The first kappa shape index (κ1) is 15.8. The summed E-state index contributed by atoms with van der Waals surface area (Å²) in [6, 6.07) is 4.13. The van der Waals surface area contributed by atoms with Gasteiger partial charge in [-0.2, -0.15) is 0 Å². The van der Waals surface area contributed by atoms with Crippen molar-refractivity contribution >= 4 is 43.2 Å². The van der Waals surface area contributed by atoms with E-state index in [0.717, 1.165) is 13.1 Å². The molecule has 3 nitrogen and oxygen atoms in total. The van der Waals surface area contributed by atoms with Crippen molar-refractivity contribution in [3.8, 4) is 11.5 Å². The van der Waals surface area contributed by atoms with Crippen molar-refractivity contribution in [2.75, 3.05) is 14.2 Å². The Balaban J connectivity index is 2.49. The third-order valence-corrected chi connectivity index (χ3v) is 5.24. The van der Waals surface area contributed by atoms with E-state index in [9.17, 15) is 4.39 Å². The van der Waals surface area contributed by atoms with Crippen molar-refractivity contribution in [3.05, 3.63) is 42.7 Å². The van der Waals surface area contributed by atoms with Gasteiger partial charge in [0.05, 0.1) is 27.8 Å². The third kappa shape index (κ3) is 3.00. The summed E-state index contributed by atoms with van der Waals surface area (Å²) in [7, 11) is 2.96. The fourth-order valence-electron chi connectivity index (χ4n) is 1.84. The minimum atomic E-state index is -0.591. The predicted octanol–water partition coefficient (Wildman–Crippen LogP) is 4.48. The van der Waals surface area contributed by atoms with Crippen LogP contribution in [0.15, 0.2) is 25.8 Å². The SMILES string of the molecule is COc1cc(F)c(C(N)c2cc(Br)sc2Br)cc1OC. The van der Waals surface area contributed by atoms with Crippen LogP contribution in [0.25, 0.3) is 0 Å². The van der Waals surface area contributed by atoms with E-state index < -0.39 is 11.9 Å². The van der Waals surface area contributed by atoms with Gasteiger partial charge in [0.15, 0.2) is 11.5 Å². The fourth-order valence-corrected chi connectivity index (χ4v) is 4.77. The number of hydrogen-bond acceptors (Lipinski definition) is 4. The molecule has 0 aliphatic rings. The molecule has 0 bridgehead atoms. The van der Waals surface area contributed by atoms with E-state index in [0.29, 0.717) is 17.1 Å². The second-order valence-corrected chi connectivity index (χ2v) is 7.74. The van der Waals surface area contributed by atoms with Gasteiger partial charge in [0, 0.05) is 11.6 Å². The summed E-state index contributed by atoms with van der Waals surface area (Å²) in [4.78, 5) is 0. The fraction of sp³-hybridized carbons (Fsp3) is 0.231. The number of ether oxygens (including phenoxy) is 2. The zero-order valence-corrected chi connectivity index (χ0v) is 14.7. The Labute approximate surface area is 137 Å². The molecule has 2 aromatic rings. The van der Waals surface area contributed by atoms with Gasteiger partial charge in [-0.05, 0) is 49.6 Å². The molecule has 1 aromatic carbocycles. The van der Waals surface area contributed by atoms with Gasteiger partial charge in [-0.25, -0.2) is 4.39 Å². The Hall–Kier alpha value is -0.630. The summed E-state index contributed by atoms with van der Waals surface area (Å²) in [6.07, 6.45) is 0. The van der Waals surface area contributed by atoms with E-state index in [1.165, 1.54) is 31.6 Å². The lowest BCUT2D eigenvalue weighted by molar-refractivity contribution is 0.351. The molecule has 20 heavy (non-hydrogen) atoms. The molecule has 0 radical (unpaired) electrons. The zero-order valence-electron chi connectivity index (χ0n) is 10.7. The molecule has 2 N–H and O–H groups in total. The number of benzene rings is 1. The summed E-state index contributed by atoms with van der Waals surface area (Å²) in [6.45, 7) is 0. The van der Waals surface area contributed by atoms with E-state index in [4.69, 9.17) is 15.2 Å². The molecule has 1 aromatic heterocycles. The average molecular weight is 425 g/mol. The van der Waals surface area contributed by atoms with Crippen LogP contribution in [0.3, 0.4) is 0 Å². The monoisotopic (exact) mass is 423 g/mol. The number of methoxy groups -OCH3 is 2. The lowest BCUT2D eigenvalue weighted by atomic mass is 10.0. The van der Waals surface area contributed by atoms with E-state index >= 15 is 0 Å². The molecule has 0 saturated carbocycles. The quantitative estimate of drug-likeness (QED) is 0.786. The Bertz CT molecular complexity index is 633. The highest BCUT2D eigenvalue weighted by Gasteiger charge is 2.21. The van der Waals surface area contributed by atoms with Crippen LogP contribution in [0.4, 0.5) is 4.39 Å². The maximum Gasteiger partial charge on any atom is 0.163 e. The van der Waals surface area contributed by atoms with E-state index in [2.05, 4.69) is 31.9 Å². The highest BCUT2D eigenvalue weighted by atomic mass is 79.9. The molecule has 1 heterocycles. The standard InChI is InChI=1S/C13H12Br2FNO2S/c1-18-9-3-6(8(16)5-10(9)19-2)12(17)7-4-11(14)20-13(7)15/h3-5,12H,17H2,1-2H3. The minimum Gasteiger partial charge on any atom is -0.493 e. The number of thiophene rings is 1. The van der Waals surface area contributed by atoms with Gasteiger partial charge in [-0.3, -0.25) is 0 Å². The van der Waals surface area contributed by atoms with Crippen LogP contribution in [-0.2, 0) is 0 Å². The van der Waals surface area contributed by atoms with Gasteiger partial charge in [-0.15, -0.1) is 11.3 Å². The van der Waals surface area contributed by atoms with Gasteiger partial charge in [0.25, 0.3) is 0 Å². The second kappa shape index (κ2) is 6.43. The van der Waals surface area contributed by atoms with Crippen LogP contribution in [-0.4, -0.2) is 14.2 Å². The molecular formula is C13H12Br2FNO2S. The van der Waals surface area contributed by atoms with Gasteiger partial charge in [0.1, 0.15) is 5.82 Å². The largest absolute Gasteiger partial charge is 0.493 e. The molecule has 0 aliphatic heterocycles. The molecule has 0 fully saturated rings. The van der Waals surface area contributed by atoms with Crippen LogP contribution >= 0.6 is 43.2 Å². The van der Waals surface area contributed by atoms with Crippen molar-refractivity contribution in [2.24, 2.45) is 5.73 Å². The van der Waals surface area contributed by atoms with E-state index in [1.807, 2.05) is 6.07 Å². The molecular weight excluding hydrogens is 413 g/mol. The van der Waals surface area contributed by atoms with E-state index in [-0.39, 0.29) is 0 Å². The van der Waals surface area contributed by atoms with Crippen molar-refractivity contribution in [2.45, 2.75) is 6.04 Å².